The maximum atomic E-state index is 12.3. The van der Waals surface area contributed by atoms with Crippen LogP contribution < -0.4 is 0 Å². The highest BCUT2D eigenvalue weighted by Crippen LogP contribution is 2.38. The Kier molecular flexibility index (Phi) is 3.38. The average molecular weight is 224 g/mol. The zero-order chi connectivity index (χ0) is 11.6. The molecule has 1 aliphatic rings. The highest BCUT2D eigenvalue weighted by Gasteiger charge is 2.54. The molecule has 0 aromatic heterocycles. The summed E-state index contributed by atoms with van der Waals surface area (Å²) in [5.74, 6) is -2.30. The second kappa shape index (κ2) is 4.22. The molecule has 0 bridgehead atoms. The van der Waals surface area contributed by atoms with Crippen molar-refractivity contribution in [3.05, 3.63) is 12.7 Å². The molecule has 0 aliphatic carbocycles. The van der Waals surface area contributed by atoms with E-state index in [-0.39, 0.29) is 6.61 Å². The maximum Gasteiger partial charge on any atom is 0.396 e. The third-order valence-electron chi connectivity index (χ3n) is 2.22. The summed E-state index contributed by atoms with van der Waals surface area (Å²) in [7, 11) is 0. The SMILES string of the molecule is C=CC(=O)OC(C)C1OCC1C(F)(F)F. The van der Waals surface area contributed by atoms with Gasteiger partial charge in [0.05, 0.1) is 6.61 Å². The van der Waals surface area contributed by atoms with Crippen LogP contribution in [0, 0.1) is 5.92 Å². The van der Waals surface area contributed by atoms with E-state index in [1.54, 1.807) is 0 Å². The fourth-order valence-electron chi connectivity index (χ4n) is 1.35. The van der Waals surface area contributed by atoms with Gasteiger partial charge in [0.2, 0.25) is 0 Å². The molecule has 1 aliphatic heterocycles. The van der Waals surface area contributed by atoms with Gasteiger partial charge in [-0.15, -0.1) is 0 Å². The van der Waals surface area contributed by atoms with Crippen LogP contribution in [-0.4, -0.2) is 31.0 Å². The Balaban J connectivity index is 2.51. The number of ether oxygens (including phenoxy) is 2. The van der Waals surface area contributed by atoms with Gasteiger partial charge in [-0.1, -0.05) is 6.58 Å². The summed E-state index contributed by atoms with van der Waals surface area (Å²) in [5, 5.41) is 0. The quantitative estimate of drug-likeness (QED) is 0.540. The van der Waals surface area contributed by atoms with Gasteiger partial charge in [-0.25, -0.2) is 4.79 Å². The minimum Gasteiger partial charge on any atom is -0.457 e. The number of alkyl halides is 3. The number of rotatable bonds is 3. The standard InChI is InChI=1S/C9H11F3O3/c1-3-7(13)15-5(2)8-6(4-14-8)9(10,11)12/h3,5-6,8H,1,4H2,2H3. The van der Waals surface area contributed by atoms with Crippen LogP contribution in [-0.2, 0) is 14.3 Å². The average Bonchev–Trinajstić information content (AvgIpc) is 1.98. The molecule has 0 saturated carbocycles. The molecule has 86 valence electrons. The normalized spacial score (nSPS) is 27.7. The summed E-state index contributed by atoms with van der Waals surface area (Å²) in [6, 6.07) is 0. The second-order valence-corrected chi connectivity index (χ2v) is 3.29. The number of esters is 1. The number of halogens is 3. The first-order chi connectivity index (χ1) is 6.86. The number of hydrogen-bond donors (Lipinski definition) is 0. The Bertz CT molecular complexity index is 262. The van der Waals surface area contributed by atoms with Crippen LogP contribution in [0.3, 0.4) is 0 Å². The van der Waals surface area contributed by atoms with E-state index in [2.05, 4.69) is 11.3 Å². The van der Waals surface area contributed by atoms with Crippen LogP contribution >= 0.6 is 0 Å². The third-order valence-corrected chi connectivity index (χ3v) is 2.22. The molecule has 1 rings (SSSR count). The number of hydrogen-bond acceptors (Lipinski definition) is 3. The molecule has 0 N–H and O–H groups in total. The molecule has 3 atom stereocenters. The van der Waals surface area contributed by atoms with Crippen molar-refractivity contribution in [3.63, 3.8) is 0 Å². The van der Waals surface area contributed by atoms with Crippen LogP contribution in [0.5, 0.6) is 0 Å². The monoisotopic (exact) mass is 224 g/mol. The molecule has 3 nitrogen and oxygen atoms in total. The maximum absolute atomic E-state index is 12.3. The minimum absolute atomic E-state index is 0.371. The van der Waals surface area contributed by atoms with Crippen LogP contribution in [0.15, 0.2) is 12.7 Å². The summed E-state index contributed by atoms with van der Waals surface area (Å²) >= 11 is 0. The van der Waals surface area contributed by atoms with Gasteiger partial charge in [-0.05, 0) is 6.92 Å². The topological polar surface area (TPSA) is 35.5 Å². The molecular formula is C9H11F3O3. The first kappa shape index (κ1) is 12.0. The lowest BCUT2D eigenvalue weighted by atomic mass is 9.93. The zero-order valence-electron chi connectivity index (χ0n) is 8.08. The van der Waals surface area contributed by atoms with Crippen molar-refractivity contribution in [1.29, 1.82) is 0 Å². The van der Waals surface area contributed by atoms with Crippen LogP contribution in [0.1, 0.15) is 6.92 Å². The summed E-state index contributed by atoms with van der Waals surface area (Å²) < 4.78 is 46.3. The Hall–Kier alpha value is -1.04. The molecule has 15 heavy (non-hydrogen) atoms. The van der Waals surface area contributed by atoms with E-state index in [4.69, 9.17) is 4.74 Å². The molecule has 0 aromatic carbocycles. The Morgan fingerprint density at radius 1 is 1.67 bits per heavy atom. The van der Waals surface area contributed by atoms with E-state index in [9.17, 15) is 18.0 Å². The molecule has 1 heterocycles. The van der Waals surface area contributed by atoms with Gasteiger partial charge in [0.15, 0.2) is 0 Å². The lowest BCUT2D eigenvalue weighted by Gasteiger charge is -2.40. The van der Waals surface area contributed by atoms with E-state index >= 15 is 0 Å². The third kappa shape index (κ3) is 2.71. The molecule has 0 radical (unpaired) electrons. The van der Waals surface area contributed by atoms with Crippen molar-refractivity contribution in [2.75, 3.05) is 6.61 Å². The second-order valence-electron chi connectivity index (χ2n) is 3.29. The van der Waals surface area contributed by atoms with Crippen molar-refractivity contribution < 1.29 is 27.4 Å². The van der Waals surface area contributed by atoms with Crippen molar-refractivity contribution >= 4 is 5.97 Å². The fourth-order valence-corrected chi connectivity index (χ4v) is 1.35. The lowest BCUT2D eigenvalue weighted by Crippen LogP contribution is -2.54. The minimum atomic E-state index is -4.31. The van der Waals surface area contributed by atoms with Gasteiger partial charge >= 0.3 is 12.1 Å². The van der Waals surface area contributed by atoms with Gasteiger partial charge in [0.1, 0.15) is 18.1 Å². The van der Waals surface area contributed by atoms with E-state index in [0.717, 1.165) is 6.08 Å². The molecule has 1 fully saturated rings. The number of carbonyl (C=O) groups is 1. The van der Waals surface area contributed by atoms with Crippen molar-refractivity contribution in [3.8, 4) is 0 Å². The molecule has 3 unspecified atom stereocenters. The van der Waals surface area contributed by atoms with Crippen molar-refractivity contribution in [2.45, 2.75) is 25.3 Å². The van der Waals surface area contributed by atoms with E-state index in [1.165, 1.54) is 6.92 Å². The Morgan fingerprint density at radius 2 is 2.27 bits per heavy atom. The summed E-state index contributed by atoms with van der Waals surface area (Å²) in [6.07, 6.45) is -5.43. The van der Waals surface area contributed by atoms with Crippen LogP contribution in [0.25, 0.3) is 0 Å². The van der Waals surface area contributed by atoms with E-state index in [0.29, 0.717) is 0 Å². The van der Waals surface area contributed by atoms with Crippen molar-refractivity contribution in [2.24, 2.45) is 5.92 Å². The largest absolute Gasteiger partial charge is 0.457 e. The first-order valence-corrected chi connectivity index (χ1v) is 4.37. The molecule has 0 aromatic rings. The lowest BCUT2D eigenvalue weighted by molar-refractivity contribution is -0.290. The predicted molar refractivity (Wildman–Crippen MR) is 45.0 cm³/mol. The molecule has 1 saturated heterocycles. The molecular weight excluding hydrogens is 213 g/mol. The van der Waals surface area contributed by atoms with Crippen LogP contribution in [0.2, 0.25) is 0 Å². The summed E-state index contributed by atoms with van der Waals surface area (Å²) in [4.78, 5) is 10.7. The van der Waals surface area contributed by atoms with Gasteiger partial charge < -0.3 is 9.47 Å². The van der Waals surface area contributed by atoms with E-state index < -0.39 is 30.3 Å². The summed E-state index contributed by atoms with van der Waals surface area (Å²) in [5.41, 5.74) is 0. The highest BCUT2D eigenvalue weighted by atomic mass is 19.4. The molecule has 6 heteroatoms. The van der Waals surface area contributed by atoms with Gasteiger partial charge in [-0.3, -0.25) is 0 Å². The van der Waals surface area contributed by atoms with Crippen LogP contribution in [0.4, 0.5) is 13.2 Å². The molecule has 0 amide bonds. The first-order valence-electron chi connectivity index (χ1n) is 4.37. The predicted octanol–water partition coefficient (Wildman–Crippen LogP) is 1.68. The zero-order valence-corrected chi connectivity index (χ0v) is 8.08. The summed E-state index contributed by atoms with van der Waals surface area (Å²) in [6.45, 7) is 4.14. The fraction of sp³-hybridized carbons (Fsp3) is 0.667. The smallest absolute Gasteiger partial charge is 0.396 e. The molecule has 0 spiro atoms. The Labute approximate surface area is 84.8 Å². The highest BCUT2D eigenvalue weighted by molar-refractivity contribution is 5.81. The van der Waals surface area contributed by atoms with E-state index in [1.807, 2.05) is 0 Å². The Morgan fingerprint density at radius 3 is 2.60 bits per heavy atom. The van der Waals surface area contributed by atoms with Gasteiger partial charge in [0.25, 0.3) is 0 Å². The van der Waals surface area contributed by atoms with Crippen molar-refractivity contribution in [1.82, 2.24) is 0 Å². The van der Waals surface area contributed by atoms with Gasteiger partial charge in [0, 0.05) is 6.08 Å². The van der Waals surface area contributed by atoms with Gasteiger partial charge in [-0.2, -0.15) is 13.2 Å². The number of carbonyl (C=O) groups excluding carboxylic acids is 1.